The summed E-state index contributed by atoms with van der Waals surface area (Å²) >= 11 is 0. The maximum absolute atomic E-state index is 13.8. The summed E-state index contributed by atoms with van der Waals surface area (Å²) in [5, 5.41) is 5.65. The summed E-state index contributed by atoms with van der Waals surface area (Å²) in [5.41, 5.74) is 1.05. The zero-order valence-electron chi connectivity index (χ0n) is 25.2. The molecule has 11 nitrogen and oxygen atoms in total. The van der Waals surface area contributed by atoms with E-state index in [0.717, 1.165) is 30.4 Å². The number of ether oxygens (including phenoxy) is 2. The third kappa shape index (κ3) is 9.45. The molecule has 2 aliphatic heterocycles. The highest BCUT2D eigenvalue weighted by Gasteiger charge is 2.50. The molecule has 0 bridgehead atoms. The highest BCUT2D eigenvalue weighted by molar-refractivity contribution is 7.91. The molecule has 0 saturated carbocycles. The number of rotatable bonds is 15. The van der Waals surface area contributed by atoms with E-state index in [4.69, 9.17) is 9.47 Å². The molecule has 0 spiro atoms. The predicted molar refractivity (Wildman–Crippen MR) is 160 cm³/mol. The monoisotopic (exact) mass is 617 g/mol. The number of nitrogens with one attached hydrogen (secondary N) is 2. The molecular formula is C31H43N3O8S. The number of Topliss-reactive ketones (excluding diaryl/α,β-unsaturated/α-hetero) is 2. The molecule has 1 aromatic carbocycles. The van der Waals surface area contributed by atoms with Crippen LogP contribution in [0.15, 0.2) is 35.9 Å². The molecule has 12 heteroatoms. The van der Waals surface area contributed by atoms with Crippen molar-refractivity contribution in [2.24, 2.45) is 5.92 Å². The van der Waals surface area contributed by atoms with Gasteiger partial charge in [-0.05, 0) is 63.6 Å². The molecule has 1 aromatic rings. The molecule has 236 valence electrons. The van der Waals surface area contributed by atoms with E-state index >= 15 is 0 Å². The van der Waals surface area contributed by atoms with Crippen LogP contribution < -0.4 is 15.4 Å². The summed E-state index contributed by atoms with van der Waals surface area (Å²) in [6, 6.07) is 5.61. The molecule has 2 fully saturated rings. The highest BCUT2D eigenvalue weighted by Crippen LogP contribution is 2.31. The zero-order chi connectivity index (χ0) is 31.2. The minimum atomic E-state index is -3.07. The molecule has 0 radical (unpaired) electrons. The number of sulfone groups is 1. The van der Waals surface area contributed by atoms with Crippen LogP contribution in [0.5, 0.6) is 5.75 Å². The third-order valence-electron chi connectivity index (χ3n) is 8.46. The molecule has 1 aliphatic carbocycles. The van der Waals surface area contributed by atoms with Crippen molar-refractivity contribution in [2.45, 2.75) is 70.1 Å². The molecular weight excluding hydrogens is 574 g/mol. The van der Waals surface area contributed by atoms with Gasteiger partial charge in [-0.1, -0.05) is 23.8 Å². The predicted octanol–water partition coefficient (Wildman–Crippen LogP) is 1.39. The summed E-state index contributed by atoms with van der Waals surface area (Å²) in [7, 11) is -1.51. The largest absolute Gasteiger partial charge is 0.497 e. The Morgan fingerprint density at radius 3 is 2.33 bits per heavy atom. The van der Waals surface area contributed by atoms with Gasteiger partial charge in [0, 0.05) is 25.4 Å². The fraction of sp³-hybridized carbons (Fsp3) is 0.613. The van der Waals surface area contributed by atoms with Gasteiger partial charge in [0.25, 0.3) is 0 Å². The average Bonchev–Trinajstić information content (AvgIpc) is 3.51. The first kappa shape index (κ1) is 32.8. The van der Waals surface area contributed by atoms with Crippen molar-refractivity contribution < 1.29 is 37.1 Å². The second-order valence-corrected chi connectivity index (χ2v) is 14.3. The summed E-state index contributed by atoms with van der Waals surface area (Å²) in [6.07, 6.45) is 5.50. The van der Waals surface area contributed by atoms with E-state index < -0.39 is 39.3 Å². The first-order chi connectivity index (χ1) is 20.4. The molecule has 2 amide bonds. The number of allylic oxidation sites excluding steroid dienone is 1. The Kier molecular flexibility index (Phi) is 10.8. The number of methoxy groups -OCH3 is 1. The SMILES string of the molecule is COc1ccc(CC(CC(=O)C(C)NC(=O)CN2CCS(=O)(=O)CC2)C(=O)NC(CC2=CCCC2)C(=O)C2(C)CO2)cc1. The summed E-state index contributed by atoms with van der Waals surface area (Å²) in [6.45, 7) is 4.14. The van der Waals surface area contributed by atoms with E-state index in [9.17, 15) is 27.6 Å². The maximum atomic E-state index is 13.8. The van der Waals surface area contributed by atoms with Gasteiger partial charge >= 0.3 is 0 Å². The number of benzene rings is 1. The van der Waals surface area contributed by atoms with Crippen molar-refractivity contribution in [3.63, 3.8) is 0 Å². The van der Waals surface area contributed by atoms with Crippen LogP contribution in [0.25, 0.3) is 0 Å². The van der Waals surface area contributed by atoms with Crippen LogP contribution in [0.1, 0.15) is 51.5 Å². The van der Waals surface area contributed by atoms with Gasteiger partial charge in [0.05, 0.1) is 43.9 Å². The fourth-order valence-corrected chi connectivity index (χ4v) is 6.78. The lowest BCUT2D eigenvalue weighted by atomic mass is 9.89. The molecule has 4 atom stereocenters. The quantitative estimate of drug-likeness (QED) is 0.220. The van der Waals surface area contributed by atoms with Crippen LogP contribution >= 0.6 is 0 Å². The minimum absolute atomic E-state index is 0.00295. The lowest BCUT2D eigenvalue weighted by Crippen LogP contribution is -2.50. The van der Waals surface area contributed by atoms with Crippen LogP contribution in [-0.4, -0.2) is 99.2 Å². The molecule has 4 unspecified atom stereocenters. The number of ketones is 2. The number of nitrogens with zero attached hydrogens (tertiary/aromatic N) is 1. The Morgan fingerprint density at radius 1 is 1.07 bits per heavy atom. The van der Waals surface area contributed by atoms with Crippen LogP contribution in [0.3, 0.4) is 0 Å². The maximum Gasteiger partial charge on any atom is 0.234 e. The normalized spacial score (nSPS) is 23.4. The number of carbonyl (C=O) groups excluding carboxylic acids is 4. The Balaban J connectivity index is 1.43. The number of hydrogen-bond donors (Lipinski definition) is 2. The van der Waals surface area contributed by atoms with Gasteiger partial charge in [0.2, 0.25) is 11.8 Å². The first-order valence-corrected chi connectivity index (χ1v) is 16.7. The molecule has 2 heterocycles. The van der Waals surface area contributed by atoms with Gasteiger partial charge in [-0.15, -0.1) is 0 Å². The molecule has 3 aliphatic rings. The van der Waals surface area contributed by atoms with Crippen LogP contribution in [0.2, 0.25) is 0 Å². The van der Waals surface area contributed by atoms with Gasteiger partial charge < -0.3 is 20.1 Å². The Morgan fingerprint density at radius 2 is 1.74 bits per heavy atom. The lowest BCUT2D eigenvalue weighted by molar-refractivity contribution is -0.134. The minimum Gasteiger partial charge on any atom is -0.497 e. The van der Waals surface area contributed by atoms with Gasteiger partial charge in [-0.25, -0.2) is 8.42 Å². The average molecular weight is 618 g/mol. The smallest absolute Gasteiger partial charge is 0.234 e. The second kappa shape index (κ2) is 14.1. The zero-order valence-corrected chi connectivity index (χ0v) is 26.0. The Hall–Kier alpha value is -3.09. The van der Waals surface area contributed by atoms with Crippen molar-refractivity contribution in [1.82, 2.24) is 15.5 Å². The topological polar surface area (TPSA) is 151 Å². The second-order valence-electron chi connectivity index (χ2n) is 12.0. The van der Waals surface area contributed by atoms with E-state index in [1.807, 2.05) is 12.1 Å². The van der Waals surface area contributed by atoms with Gasteiger partial charge in [0.15, 0.2) is 21.4 Å². The van der Waals surface area contributed by atoms with E-state index in [1.54, 1.807) is 38.0 Å². The van der Waals surface area contributed by atoms with E-state index in [2.05, 4.69) is 16.7 Å². The van der Waals surface area contributed by atoms with E-state index in [1.165, 1.54) is 0 Å². The van der Waals surface area contributed by atoms with Crippen molar-refractivity contribution in [3.8, 4) is 5.75 Å². The van der Waals surface area contributed by atoms with Crippen molar-refractivity contribution >= 4 is 33.2 Å². The fourth-order valence-electron chi connectivity index (χ4n) is 5.51. The van der Waals surface area contributed by atoms with Crippen LogP contribution in [-0.2, 0) is 40.2 Å². The standard InChI is InChI=1S/C31H43N3O8S/c1-21(32-28(36)19-34-12-14-43(39,40)15-13-34)27(35)18-24(16-23-8-10-25(41-3)11-9-23)30(38)33-26(17-22-6-4-5-7-22)29(37)31(2)20-42-31/h6,8-11,21,24,26H,4-5,7,12-20H2,1-3H3,(H,32,36)(H,33,38). The van der Waals surface area contributed by atoms with Crippen LogP contribution in [0, 0.1) is 5.92 Å². The van der Waals surface area contributed by atoms with Gasteiger partial charge in [-0.2, -0.15) is 0 Å². The lowest BCUT2D eigenvalue weighted by Gasteiger charge is -2.27. The van der Waals surface area contributed by atoms with Crippen molar-refractivity contribution in [2.75, 3.05) is 44.9 Å². The Labute approximate surface area is 253 Å². The van der Waals surface area contributed by atoms with Crippen molar-refractivity contribution in [3.05, 3.63) is 41.5 Å². The highest BCUT2D eigenvalue weighted by atomic mass is 32.2. The van der Waals surface area contributed by atoms with Crippen LogP contribution in [0.4, 0.5) is 0 Å². The third-order valence-corrected chi connectivity index (χ3v) is 10.1. The number of epoxide rings is 1. The molecule has 0 aromatic heterocycles. The summed E-state index contributed by atoms with van der Waals surface area (Å²) < 4.78 is 34.0. The van der Waals surface area contributed by atoms with Gasteiger partial charge in [-0.3, -0.25) is 24.1 Å². The number of hydrogen-bond acceptors (Lipinski definition) is 9. The summed E-state index contributed by atoms with van der Waals surface area (Å²) in [4.78, 5) is 54.8. The number of amides is 2. The van der Waals surface area contributed by atoms with Gasteiger partial charge in [0.1, 0.15) is 11.4 Å². The summed E-state index contributed by atoms with van der Waals surface area (Å²) in [5.74, 6) is -1.39. The molecule has 2 saturated heterocycles. The van der Waals surface area contributed by atoms with E-state index in [-0.39, 0.29) is 61.5 Å². The molecule has 2 N–H and O–H groups in total. The molecule has 43 heavy (non-hydrogen) atoms. The Bertz CT molecular complexity index is 1320. The first-order valence-electron chi connectivity index (χ1n) is 14.9. The van der Waals surface area contributed by atoms with E-state index in [0.29, 0.717) is 18.8 Å². The van der Waals surface area contributed by atoms with Crippen molar-refractivity contribution in [1.29, 1.82) is 0 Å². The number of carbonyl (C=O) groups is 4. The molecule has 4 rings (SSSR count).